The molecule has 7 heterocycles. The van der Waals surface area contributed by atoms with E-state index in [4.69, 9.17) is 0 Å². The Morgan fingerprint density at radius 2 is 1.37 bits per heavy atom. The monoisotopic (exact) mass is 756 g/mol. The Morgan fingerprint density at radius 1 is 0.632 bits per heavy atom. The van der Waals surface area contributed by atoms with Crippen LogP contribution in [0.4, 0.5) is 8.78 Å². The van der Waals surface area contributed by atoms with E-state index in [2.05, 4.69) is 30.0 Å². The zero-order valence-corrected chi connectivity index (χ0v) is 30.2. The molecule has 0 fully saturated rings. The van der Waals surface area contributed by atoms with Crippen LogP contribution in [0.25, 0.3) is 60.9 Å². The normalized spacial score (nSPS) is 11.4. The number of hydrogen-bond acceptors (Lipinski definition) is 8. The van der Waals surface area contributed by atoms with Gasteiger partial charge >= 0.3 is 0 Å². The van der Waals surface area contributed by atoms with Gasteiger partial charge in [0.1, 0.15) is 17.3 Å². The Kier molecular flexibility index (Phi) is 8.89. The van der Waals surface area contributed by atoms with Crippen LogP contribution in [0.15, 0.2) is 150 Å². The van der Waals surface area contributed by atoms with E-state index >= 15 is 0 Å². The lowest BCUT2D eigenvalue weighted by molar-refractivity contribution is 0.595. The summed E-state index contributed by atoms with van der Waals surface area (Å²) in [5.74, 6) is -0.762. The predicted molar refractivity (Wildman–Crippen MR) is 212 cm³/mol. The second-order valence-electron chi connectivity index (χ2n) is 13.3. The minimum Gasteiger partial charge on any atom is -0.300 e. The molecule has 0 aliphatic carbocycles. The molecule has 3 aromatic carbocycles. The third-order valence-corrected chi connectivity index (χ3v) is 9.69. The van der Waals surface area contributed by atoms with Gasteiger partial charge in [0.15, 0.2) is 5.52 Å². The van der Waals surface area contributed by atoms with Gasteiger partial charge in [0.25, 0.3) is 11.1 Å². The highest BCUT2D eigenvalue weighted by Crippen LogP contribution is 2.29. The second-order valence-corrected chi connectivity index (χ2v) is 13.3. The van der Waals surface area contributed by atoms with Gasteiger partial charge in [-0.2, -0.15) is 5.10 Å². The van der Waals surface area contributed by atoms with Gasteiger partial charge in [-0.15, -0.1) is 0 Å². The van der Waals surface area contributed by atoms with E-state index in [-0.39, 0.29) is 41.4 Å². The molecule has 0 spiro atoms. The summed E-state index contributed by atoms with van der Waals surface area (Å²) in [7, 11) is 1.86. The predicted octanol–water partition coefficient (Wildman–Crippen LogP) is 6.83. The smallest absolute Gasteiger partial charge is 0.280 e. The SMILES string of the molecule is Cn1cc2c(-c3ccc(Cn4cnc5cccnc5c4=O)c(F)c3)cccc2n1.O=c1c2ccncc2ncn1Cc1ccc(-c2cnc3ccccn23)cc1F. The molecule has 0 atom stereocenters. The lowest BCUT2D eigenvalue weighted by atomic mass is 10.0. The van der Waals surface area contributed by atoms with Crippen molar-refractivity contribution >= 4 is 38.5 Å². The van der Waals surface area contributed by atoms with Crippen molar-refractivity contribution in [3.05, 3.63) is 184 Å². The highest BCUT2D eigenvalue weighted by molar-refractivity contribution is 5.94. The molecular formula is C43H30F2N10O2. The molecule has 10 rings (SSSR count). The fourth-order valence-electron chi connectivity index (χ4n) is 6.82. The lowest BCUT2D eigenvalue weighted by Crippen LogP contribution is -2.22. The minimum absolute atomic E-state index is 0.0849. The molecule has 0 N–H and O–H groups in total. The Morgan fingerprint density at radius 3 is 2.18 bits per heavy atom. The van der Waals surface area contributed by atoms with Crippen LogP contribution in [0.2, 0.25) is 0 Å². The molecule has 12 nitrogen and oxygen atoms in total. The topological polar surface area (TPSA) is 131 Å². The van der Waals surface area contributed by atoms with E-state index in [9.17, 15) is 18.4 Å². The first kappa shape index (κ1) is 35.0. The Hall–Kier alpha value is -7.74. The van der Waals surface area contributed by atoms with Crippen molar-refractivity contribution in [3.63, 3.8) is 0 Å². The first-order valence-corrected chi connectivity index (χ1v) is 17.8. The van der Waals surface area contributed by atoms with Crippen molar-refractivity contribution < 1.29 is 8.78 Å². The first-order valence-electron chi connectivity index (χ1n) is 17.8. The quantitative estimate of drug-likeness (QED) is 0.181. The van der Waals surface area contributed by atoms with Gasteiger partial charge in [0.2, 0.25) is 0 Å². The number of nitrogens with zero attached hydrogens (tertiary/aromatic N) is 10. The maximum absolute atomic E-state index is 14.9. The van der Waals surface area contributed by atoms with Gasteiger partial charge < -0.3 is 0 Å². The number of benzene rings is 3. The molecule has 0 radical (unpaired) electrons. The van der Waals surface area contributed by atoms with Crippen LogP contribution in [0, 0.1) is 11.6 Å². The zero-order valence-electron chi connectivity index (χ0n) is 30.2. The summed E-state index contributed by atoms with van der Waals surface area (Å²) in [5.41, 5.74) is 6.47. The molecule has 278 valence electrons. The van der Waals surface area contributed by atoms with Crippen molar-refractivity contribution in [3.8, 4) is 22.4 Å². The highest BCUT2D eigenvalue weighted by atomic mass is 19.1. The molecule has 0 bridgehead atoms. The largest absolute Gasteiger partial charge is 0.300 e. The fraction of sp³-hybridized carbons (Fsp3) is 0.0698. The fourth-order valence-corrected chi connectivity index (χ4v) is 6.82. The molecule has 14 heteroatoms. The van der Waals surface area contributed by atoms with E-state index in [1.807, 2.05) is 72.4 Å². The molecule has 0 saturated heterocycles. The molecule has 10 aromatic rings. The number of halogens is 2. The summed E-state index contributed by atoms with van der Waals surface area (Å²) in [4.78, 5) is 46.1. The Labute approximate surface area is 321 Å². The van der Waals surface area contributed by atoms with Gasteiger partial charge in [-0.3, -0.25) is 32.8 Å². The molecule has 0 aliphatic rings. The number of fused-ring (bicyclic) bond motifs is 4. The van der Waals surface area contributed by atoms with Crippen LogP contribution >= 0.6 is 0 Å². The first-order chi connectivity index (χ1) is 27.8. The number of aryl methyl sites for hydroxylation is 1. The summed E-state index contributed by atoms with van der Waals surface area (Å²) >= 11 is 0. The van der Waals surface area contributed by atoms with Gasteiger partial charge in [0, 0.05) is 53.9 Å². The molecule has 0 amide bonds. The van der Waals surface area contributed by atoms with Crippen molar-refractivity contribution in [2.24, 2.45) is 7.05 Å². The molecule has 57 heavy (non-hydrogen) atoms. The van der Waals surface area contributed by atoms with Crippen LogP contribution in [-0.2, 0) is 20.1 Å². The summed E-state index contributed by atoms with van der Waals surface area (Å²) in [6.45, 7) is 0.185. The number of hydrogen-bond donors (Lipinski definition) is 0. The van der Waals surface area contributed by atoms with Gasteiger partial charge in [-0.25, -0.2) is 28.7 Å². The summed E-state index contributed by atoms with van der Waals surface area (Å²) in [6.07, 6.45) is 13.0. The third kappa shape index (κ3) is 6.69. The van der Waals surface area contributed by atoms with Gasteiger partial charge in [0.05, 0.1) is 65.8 Å². The number of aromatic nitrogens is 10. The molecule has 0 unspecified atom stereocenters. The average molecular weight is 757 g/mol. The standard InChI is InChI=1S/C22H16FN5O.C21H14FN5O/c1-27-12-17-16(4-2-5-19(17)26-27)14-7-8-15(18(23)10-14)11-28-13-25-20-6-3-9-24-21(20)22(28)29;22-17-9-14(19-11-24-20-3-1-2-8-27(19)20)4-5-15(17)12-26-13-25-18-10-23-7-6-16(18)21(26)28/h2-10,12-13H,11H2,1H3;1-11,13H,12H2. The highest BCUT2D eigenvalue weighted by Gasteiger charge is 2.14. The van der Waals surface area contributed by atoms with Crippen molar-refractivity contribution in [2.45, 2.75) is 13.1 Å². The number of rotatable bonds is 6. The van der Waals surface area contributed by atoms with E-state index in [0.717, 1.165) is 38.9 Å². The molecule has 7 aromatic heterocycles. The van der Waals surface area contributed by atoms with Crippen molar-refractivity contribution in [2.75, 3.05) is 0 Å². The Bertz CT molecular complexity index is 3260. The molecular weight excluding hydrogens is 727 g/mol. The van der Waals surface area contributed by atoms with Crippen LogP contribution in [0.1, 0.15) is 11.1 Å². The van der Waals surface area contributed by atoms with E-state index in [1.165, 1.54) is 40.1 Å². The van der Waals surface area contributed by atoms with Crippen LogP contribution < -0.4 is 11.1 Å². The van der Waals surface area contributed by atoms with Gasteiger partial charge in [-0.05, 0) is 59.7 Å². The molecule has 0 aliphatic heterocycles. The lowest BCUT2D eigenvalue weighted by Gasteiger charge is -2.09. The maximum atomic E-state index is 14.9. The van der Waals surface area contributed by atoms with Crippen molar-refractivity contribution in [1.82, 2.24) is 48.2 Å². The third-order valence-electron chi connectivity index (χ3n) is 9.69. The average Bonchev–Trinajstić information content (AvgIpc) is 3.85. The second kappa shape index (κ2) is 14.5. The minimum atomic E-state index is -0.384. The maximum Gasteiger partial charge on any atom is 0.280 e. The van der Waals surface area contributed by atoms with E-state index < -0.39 is 0 Å². The van der Waals surface area contributed by atoms with Crippen LogP contribution in [0.3, 0.4) is 0 Å². The molecule has 0 saturated carbocycles. The number of pyridine rings is 3. The summed E-state index contributed by atoms with van der Waals surface area (Å²) < 4.78 is 36.1. The van der Waals surface area contributed by atoms with Gasteiger partial charge in [-0.1, -0.05) is 42.5 Å². The van der Waals surface area contributed by atoms with Crippen LogP contribution in [0.5, 0.6) is 0 Å². The zero-order chi connectivity index (χ0) is 39.0. The number of imidazole rings is 1. The van der Waals surface area contributed by atoms with Crippen molar-refractivity contribution in [1.29, 1.82) is 0 Å². The summed E-state index contributed by atoms with van der Waals surface area (Å²) in [6, 6.07) is 26.6. The Balaban J connectivity index is 0.000000148. The summed E-state index contributed by atoms with van der Waals surface area (Å²) in [5, 5.41) is 5.82. The van der Waals surface area contributed by atoms with Crippen LogP contribution in [-0.4, -0.2) is 48.2 Å². The van der Waals surface area contributed by atoms with E-state index in [1.54, 1.807) is 53.6 Å². The van der Waals surface area contributed by atoms with E-state index in [0.29, 0.717) is 27.5 Å².